The van der Waals surface area contributed by atoms with Crippen molar-refractivity contribution < 1.29 is 4.79 Å². The summed E-state index contributed by atoms with van der Waals surface area (Å²) in [6.07, 6.45) is 3.70. The normalized spacial score (nSPS) is 19.0. The first-order valence-electron chi connectivity index (χ1n) is 7.59. The SMILES string of the molecule is Cc1cc(C)c(NC(=O)CN2CCCCC2C)c(C)c1.Cl. The number of carbonyl (C=O) groups is 1. The molecule has 3 nitrogen and oxygen atoms in total. The maximum Gasteiger partial charge on any atom is 0.238 e. The molecule has 1 N–H and O–H groups in total. The fourth-order valence-electron chi connectivity index (χ4n) is 3.13. The quantitative estimate of drug-likeness (QED) is 0.920. The third-order valence-electron chi connectivity index (χ3n) is 4.23. The Morgan fingerprint density at radius 1 is 1.24 bits per heavy atom. The minimum atomic E-state index is 0. The summed E-state index contributed by atoms with van der Waals surface area (Å²) in [4.78, 5) is 14.6. The highest BCUT2D eigenvalue weighted by Gasteiger charge is 2.20. The van der Waals surface area contributed by atoms with E-state index in [0.29, 0.717) is 12.6 Å². The van der Waals surface area contributed by atoms with Gasteiger partial charge in [-0.15, -0.1) is 12.4 Å². The van der Waals surface area contributed by atoms with Crippen molar-refractivity contribution in [1.29, 1.82) is 0 Å². The standard InChI is InChI=1S/C17H26N2O.ClH/c1-12-9-13(2)17(14(3)10-12)18-16(20)11-19-8-6-5-7-15(19)4;/h9-10,15H,5-8,11H2,1-4H3,(H,18,20);1H. The van der Waals surface area contributed by atoms with Gasteiger partial charge in [0.15, 0.2) is 0 Å². The zero-order valence-corrected chi connectivity index (χ0v) is 14.3. The van der Waals surface area contributed by atoms with Gasteiger partial charge in [-0.1, -0.05) is 24.1 Å². The smallest absolute Gasteiger partial charge is 0.238 e. The van der Waals surface area contributed by atoms with Crippen LogP contribution in [0.5, 0.6) is 0 Å². The van der Waals surface area contributed by atoms with Gasteiger partial charge in [-0.2, -0.15) is 0 Å². The molecule has 0 radical (unpaired) electrons. The molecule has 118 valence electrons. The van der Waals surface area contributed by atoms with Crippen molar-refractivity contribution in [3.05, 3.63) is 28.8 Å². The summed E-state index contributed by atoms with van der Waals surface area (Å²) in [6.45, 7) is 9.96. The van der Waals surface area contributed by atoms with Gasteiger partial charge in [0.25, 0.3) is 0 Å². The number of amides is 1. The van der Waals surface area contributed by atoms with Crippen LogP contribution in [0.3, 0.4) is 0 Å². The molecule has 1 unspecified atom stereocenters. The number of likely N-dealkylation sites (tertiary alicyclic amines) is 1. The Bertz CT molecular complexity index is 479. The number of piperidine rings is 1. The predicted molar refractivity (Wildman–Crippen MR) is 91.4 cm³/mol. The van der Waals surface area contributed by atoms with Gasteiger partial charge in [0.05, 0.1) is 6.54 Å². The van der Waals surface area contributed by atoms with Gasteiger partial charge in [-0.25, -0.2) is 0 Å². The van der Waals surface area contributed by atoms with Gasteiger partial charge >= 0.3 is 0 Å². The van der Waals surface area contributed by atoms with Gasteiger partial charge in [-0.05, 0) is 58.2 Å². The van der Waals surface area contributed by atoms with E-state index in [0.717, 1.165) is 23.4 Å². The second-order valence-corrected chi connectivity index (χ2v) is 6.14. The van der Waals surface area contributed by atoms with E-state index in [1.54, 1.807) is 0 Å². The third-order valence-corrected chi connectivity index (χ3v) is 4.23. The topological polar surface area (TPSA) is 32.3 Å². The van der Waals surface area contributed by atoms with Crippen LogP contribution in [0.15, 0.2) is 12.1 Å². The number of carbonyl (C=O) groups excluding carboxylic acids is 1. The van der Waals surface area contributed by atoms with Crippen molar-refractivity contribution in [2.24, 2.45) is 0 Å². The maximum atomic E-state index is 12.3. The van der Waals surface area contributed by atoms with Crippen LogP contribution in [0.4, 0.5) is 5.69 Å². The van der Waals surface area contributed by atoms with Crippen LogP contribution in [0, 0.1) is 20.8 Å². The Kier molecular flexibility index (Phi) is 6.69. The zero-order chi connectivity index (χ0) is 14.7. The molecule has 4 heteroatoms. The van der Waals surface area contributed by atoms with Crippen LogP contribution in [0.1, 0.15) is 42.9 Å². The van der Waals surface area contributed by atoms with E-state index in [1.165, 1.54) is 24.8 Å². The van der Waals surface area contributed by atoms with Crippen LogP contribution in [-0.2, 0) is 4.79 Å². The van der Waals surface area contributed by atoms with Crippen molar-refractivity contribution in [1.82, 2.24) is 4.90 Å². The predicted octanol–water partition coefficient (Wildman–Crippen LogP) is 3.85. The third kappa shape index (κ3) is 4.72. The molecule has 1 fully saturated rings. The Morgan fingerprint density at radius 3 is 2.43 bits per heavy atom. The average molecular weight is 311 g/mol. The minimum Gasteiger partial charge on any atom is -0.324 e. The number of nitrogens with zero attached hydrogens (tertiary/aromatic N) is 1. The molecule has 1 saturated heterocycles. The number of hydrogen-bond acceptors (Lipinski definition) is 2. The van der Waals surface area contributed by atoms with Gasteiger partial charge in [0.1, 0.15) is 0 Å². The van der Waals surface area contributed by atoms with Crippen molar-refractivity contribution in [2.75, 3.05) is 18.4 Å². The molecule has 0 aliphatic carbocycles. The molecule has 0 spiro atoms. The number of nitrogens with one attached hydrogen (secondary N) is 1. The molecule has 0 bridgehead atoms. The number of rotatable bonds is 3. The van der Waals surface area contributed by atoms with E-state index in [2.05, 4.69) is 50.0 Å². The van der Waals surface area contributed by atoms with Crippen LogP contribution in [-0.4, -0.2) is 29.9 Å². The number of halogens is 1. The van der Waals surface area contributed by atoms with E-state index in [9.17, 15) is 4.79 Å². The fourth-order valence-corrected chi connectivity index (χ4v) is 3.13. The molecule has 0 saturated carbocycles. The van der Waals surface area contributed by atoms with E-state index in [4.69, 9.17) is 0 Å². The molecule has 21 heavy (non-hydrogen) atoms. The van der Waals surface area contributed by atoms with Crippen LogP contribution in [0.25, 0.3) is 0 Å². The Hall–Kier alpha value is -1.06. The lowest BCUT2D eigenvalue weighted by molar-refractivity contribution is -0.118. The van der Waals surface area contributed by atoms with Crippen LogP contribution >= 0.6 is 12.4 Å². The summed E-state index contributed by atoms with van der Waals surface area (Å²) in [5, 5.41) is 3.09. The van der Waals surface area contributed by atoms with Crippen LogP contribution < -0.4 is 5.32 Å². The maximum absolute atomic E-state index is 12.3. The summed E-state index contributed by atoms with van der Waals surface area (Å²) in [7, 11) is 0. The van der Waals surface area contributed by atoms with E-state index >= 15 is 0 Å². The molecule has 1 aliphatic rings. The first kappa shape index (κ1) is 18.0. The van der Waals surface area contributed by atoms with Crippen molar-refractivity contribution in [2.45, 2.75) is 53.0 Å². The summed E-state index contributed by atoms with van der Waals surface area (Å²) < 4.78 is 0. The minimum absolute atomic E-state index is 0. The van der Waals surface area contributed by atoms with E-state index in [1.807, 2.05) is 0 Å². The van der Waals surface area contributed by atoms with Gasteiger partial charge in [-0.3, -0.25) is 9.69 Å². The van der Waals surface area contributed by atoms with E-state index < -0.39 is 0 Å². The van der Waals surface area contributed by atoms with Gasteiger partial charge in [0.2, 0.25) is 5.91 Å². The lowest BCUT2D eigenvalue weighted by atomic mass is 10.0. The fraction of sp³-hybridized carbons (Fsp3) is 0.588. The van der Waals surface area contributed by atoms with Crippen molar-refractivity contribution in [3.8, 4) is 0 Å². The Labute approximate surface area is 134 Å². The molecular formula is C17H27ClN2O. The summed E-state index contributed by atoms with van der Waals surface area (Å²) in [5.74, 6) is 0.105. The number of aryl methyl sites for hydroxylation is 3. The highest BCUT2D eigenvalue weighted by molar-refractivity contribution is 5.93. The largest absolute Gasteiger partial charge is 0.324 e. The van der Waals surface area contributed by atoms with Gasteiger partial charge < -0.3 is 5.32 Å². The van der Waals surface area contributed by atoms with Crippen molar-refractivity contribution >= 4 is 24.0 Å². The zero-order valence-electron chi connectivity index (χ0n) is 13.5. The Morgan fingerprint density at radius 2 is 1.86 bits per heavy atom. The highest BCUT2D eigenvalue weighted by atomic mass is 35.5. The first-order chi connectivity index (χ1) is 9.47. The molecule has 1 atom stereocenters. The average Bonchev–Trinajstić information content (AvgIpc) is 2.36. The monoisotopic (exact) mass is 310 g/mol. The second kappa shape index (κ2) is 7.81. The second-order valence-electron chi connectivity index (χ2n) is 6.14. The Balaban J connectivity index is 0.00000220. The van der Waals surface area contributed by atoms with E-state index in [-0.39, 0.29) is 18.3 Å². The molecule has 1 aliphatic heterocycles. The molecule has 1 aromatic rings. The lowest BCUT2D eigenvalue weighted by Crippen LogP contribution is -2.42. The summed E-state index contributed by atoms with van der Waals surface area (Å²) >= 11 is 0. The van der Waals surface area contributed by atoms with Crippen molar-refractivity contribution in [3.63, 3.8) is 0 Å². The molecule has 2 rings (SSSR count). The van der Waals surface area contributed by atoms with Crippen LogP contribution in [0.2, 0.25) is 0 Å². The molecule has 0 aromatic heterocycles. The molecule has 1 aromatic carbocycles. The highest BCUT2D eigenvalue weighted by Crippen LogP contribution is 2.22. The molecule has 1 amide bonds. The summed E-state index contributed by atoms with van der Waals surface area (Å²) in [5.41, 5.74) is 4.50. The molecule has 1 heterocycles. The number of benzene rings is 1. The number of anilines is 1. The summed E-state index contributed by atoms with van der Waals surface area (Å²) in [6, 6.07) is 4.76. The number of hydrogen-bond donors (Lipinski definition) is 1. The van der Waals surface area contributed by atoms with Gasteiger partial charge in [0, 0.05) is 11.7 Å². The first-order valence-corrected chi connectivity index (χ1v) is 7.59. The lowest BCUT2D eigenvalue weighted by Gasteiger charge is -2.32. The molecular weight excluding hydrogens is 284 g/mol.